The monoisotopic (exact) mass is 257 g/mol. The molecular weight excluding hydrogens is 235 g/mol. The number of hydrogen-bond acceptors (Lipinski definition) is 3. The lowest BCUT2D eigenvalue weighted by atomic mass is 10.3. The summed E-state index contributed by atoms with van der Waals surface area (Å²) in [6.07, 6.45) is -2.76. The molecule has 0 unspecified atom stereocenters. The van der Waals surface area contributed by atoms with Crippen molar-refractivity contribution in [1.82, 2.24) is 5.32 Å². The van der Waals surface area contributed by atoms with Crippen LogP contribution in [-0.2, 0) is 9.47 Å². The Morgan fingerprint density at radius 3 is 2.29 bits per heavy atom. The van der Waals surface area contributed by atoms with Crippen LogP contribution in [-0.4, -0.2) is 46.2 Å². The van der Waals surface area contributed by atoms with Crippen LogP contribution in [0.3, 0.4) is 0 Å². The highest BCUT2D eigenvalue weighted by atomic mass is 19.4. The molecular formula is C11H22F3NO2. The quantitative estimate of drug-likeness (QED) is 0.576. The summed E-state index contributed by atoms with van der Waals surface area (Å²) in [5.74, 6) is 0. The van der Waals surface area contributed by atoms with Gasteiger partial charge in [0.05, 0.1) is 13.2 Å². The van der Waals surface area contributed by atoms with Gasteiger partial charge in [-0.05, 0) is 32.4 Å². The summed E-state index contributed by atoms with van der Waals surface area (Å²) < 4.78 is 45.4. The molecule has 0 aromatic heterocycles. The van der Waals surface area contributed by atoms with Crippen LogP contribution in [0.4, 0.5) is 13.2 Å². The standard InChI is InChI=1S/C11H22F3NO2/c1-16-9-10-17-8-3-2-6-15-7-4-5-11(12,13)14/h15H,2-10H2,1H3. The van der Waals surface area contributed by atoms with Crippen molar-refractivity contribution in [3.8, 4) is 0 Å². The van der Waals surface area contributed by atoms with Crippen LogP contribution in [0.15, 0.2) is 0 Å². The minimum absolute atomic E-state index is 0.147. The van der Waals surface area contributed by atoms with E-state index in [1.54, 1.807) is 7.11 Å². The molecule has 0 aliphatic rings. The molecule has 0 saturated heterocycles. The van der Waals surface area contributed by atoms with Crippen molar-refractivity contribution >= 4 is 0 Å². The van der Waals surface area contributed by atoms with E-state index in [1.807, 2.05) is 0 Å². The first-order valence-electron chi connectivity index (χ1n) is 5.90. The molecule has 1 N–H and O–H groups in total. The molecule has 104 valence electrons. The molecule has 0 heterocycles. The molecule has 0 aromatic carbocycles. The van der Waals surface area contributed by atoms with Crippen molar-refractivity contribution in [1.29, 1.82) is 0 Å². The van der Waals surface area contributed by atoms with E-state index >= 15 is 0 Å². The lowest BCUT2D eigenvalue weighted by Gasteiger charge is -2.07. The summed E-state index contributed by atoms with van der Waals surface area (Å²) in [5, 5.41) is 2.98. The first-order chi connectivity index (χ1) is 8.06. The molecule has 0 fully saturated rings. The summed E-state index contributed by atoms with van der Waals surface area (Å²) in [6, 6.07) is 0. The number of unbranched alkanes of at least 4 members (excludes halogenated alkanes) is 1. The average molecular weight is 257 g/mol. The maximum Gasteiger partial charge on any atom is 0.389 e. The fourth-order valence-corrected chi connectivity index (χ4v) is 1.24. The van der Waals surface area contributed by atoms with Gasteiger partial charge in [0.25, 0.3) is 0 Å². The lowest BCUT2D eigenvalue weighted by Crippen LogP contribution is -2.19. The second-order valence-corrected chi connectivity index (χ2v) is 3.78. The Labute approximate surface area is 101 Å². The van der Waals surface area contributed by atoms with Crippen LogP contribution in [0.2, 0.25) is 0 Å². The van der Waals surface area contributed by atoms with Gasteiger partial charge in [0.15, 0.2) is 0 Å². The minimum Gasteiger partial charge on any atom is -0.382 e. The Bertz CT molecular complexity index is 165. The summed E-state index contributed by atoms with van der Waals surface area (Å²) in [7, 11) is 1.62. The second kappa shape index (κ2) is 10.8. The normalized spacial score (nSPS) is 12.0. The third-order valence-electron chi connectivity index (χ3n) is 2.14. The fourth-order valence-electron chi connectivity index (χ4n) is 1.24. The Morgan fingerprint density at radius 1 is 0.941 bits per heavy atom. The average Bonchev–Trinajstić information content (AvgIpc) is 2.24. The molecule has 0 bridgehead atoms. The lowest BCUT2D eigenvalue weighted by molar-refractivity contribution is -0.135. The molecule has 0 aliphatic heterocycles. The zero-order valence-corrected chi connectivity index (χ0v) is 10.3. The molecule has 3 nitrogen and oxygen atoms in total. The number of halogens is 3. The third kappa shape index (κ3) is 15.7. The molecule has 0 spiro atoms. The van der Waals surface area contributed by atoms with Crippen molar-refractivity contribution < 1.29 is 22.6 Å². The van der Waals surface area contributed by atoms with E-state index in [9.17, 15) is 13.2 Å². The third-order valence-corrected chi connectivity index (χ3v) is 2.14. The summed E-state index contributed by atoms with van der Waals surface area (Å²) in [6.45, 7) is 3.02. The Kier molecular flexibility index (Phi) is 10.6. The van der Waals surface area contributed by atoms with Gasteiger partial charge in [-0.25, -0.2) is 0 Å². The molecule has 0 amide bonds. The number of alkyl halides is 3. The molecule has 0 atom stereocenters. The van der Waals surface area contributed by atoms with Crippen LogP contribution < -0.4 is 5.32 Å². The Morgan fingerprint density at radius 2 is 1.65 bits per heavy atom. The largest absolute Gasteiger partial charge is 0.389 e. The highest BCUT2D eigenvalue weighted by Crippen LogP contribution is 2.20. The van der Waals surface area contributed by atoms with Crippen LogP contribution in [0.5, 0.6) is 0 Å². The van der Waals surface area contributed by atoms with Gasteiger partial charge in [0, 0.05) is 20.1 Å². The van der Waals surface area contributed by atoms with Crippen LogP contribution in [0, 0.1) is 0 Å². The van der Waals surface area contributed by atoms with Crippen LogP contribution >= 0.6 is 0 Å². The van der Waals surface area contributed by atoms with Gasteiger partial charge >= 0.3 is 6.18 Å². The van der Waals surface area contributed by atoms with Crippen molar-refractivity contribution in [3.05, 3.63) is 0 Å². The first-order valence-corrected chi connectivity index (χ1v) is 5.90. The van der Waals surface area contributed by atoms with Gasteiger partial charge in [-0.2, -0.15) is 13.2 Å². The van der Waals surface area contributed by atoms with E-state index in [1.165, 1.54) is 0 Å². The van der Waals surface area contributed by atoms with Gasteiger partial charge in [0.1, 0.15) is 0 Å². The summed E-state index contributed by atoms with van der Waals surface area (Å²) in [5.41, 5.74) is 0. The van der Waals surface area contributed by atoms with E-state index in [2.05, 4.69) is 5.32 Å². The molecule has 0 saturated carbocycles. The van der Waals surface area contributed by atoms with Crippen molar-refractivity contribution in [2.75, 3.05) is 40.0 Å². The van der Waals surface area contributed by atoms with Crippen molar-refractivity contribution in [2.24, 2.45) is 0 Å². The predicted octanol–water partition coefficient (Wildman–Crippen LogP) is 2.36. The Balaban J connectivity index is 2.99. The number of rotatable bonds is 11. The molecule has 6 heteroatoms. The van der Waals surface area contributed by atoms with Crippen molar-refractivity contribution in [2.45, 2.75) is 31.9 Å². The topological polar surface area (TPSA) is 30.5 Å². The molecule has 0 radical (unpaired) electrons. The maximum absolute atomic E-state index is 11.8. The Hall–Kier alpha value is -0.330. The SMILES string of the molecule is COCCOCCCCNCCCC(F)(F)F. The van der Waals surface area contributed by atoms with Gasteiger partial charge in [-0.3, -0.25) is 0 Å². The van der Waals surface area contributed by atoms with Gasteiger partial charge in [0.2, 0.25) is 0 Å². The second-order valence-electron chi connectivity index (χ2n) is 3.78. The summed E-state index contributed by atoms with van der Waals surface area (Å²) >= 11 is 0. The molecule has 17 heavy (non-hydrogen) atoms. The summed E-state index contributed by atoms with van der Waals surface area (Å²) in [4.78, 5) is 0. The van der Waals surface area contributed by atoms with Crippen LogP contribution in [0.1, 0.15) is 25.7 Å². The van der Waals surface area contributed by atoms with E-state index in [0.717, 1.165) is 19.4 Å². The maximum atomic E-state index is 11.8. The van der Waals surface area contributed by atoms with Gasteiger partial charge in [-0.15, -0.1) is 0 Å². The fraction of sp³-hybridized carbons (Fsp3) is 1.00. The number of methoxy groups -OCH3 is 1. The van der Waals surface area contributed by atoms with E-state index < -0.39 is 12.6 Å². The highest BCUT2D eigenvalue weighted by molar-refractivity contribution is 4.54. The van der Waals surface area contributed by atoms with E-state index in [0.29, 0.717) is 26.4 Å². The smallest absolute Gasteiger partial charge is 0.382 e. The number of hydrogen-bond donors (Lipinski definition) is 1. The number of nitrogens with one attached hydrogen (secondary N) is 1. The van der Waals surface area contributed by atoms with E-state index in [4.69, 9.17) is 9.47 Å². The molecule has 0 aliphatic carbocycles. The highest BCUT2D eigenvalue weighted by Gasteiger charge is 2.25. The van der Waals surface area contributed by atoms with Crippen LogP contribution in [0.25, 0.3) is 0 Å². The van der Waals surface area contributed by atoms with Crippen molar-refractivity contribution in [3.63, 3.8) is 0 Å². The molecule has 0 rings (SSSR count). The first kappa shape index (κ1) is 16.7. The number of ether oxygens (including phenoxy) is 2. The van der Waals surface area contributed by atoms with Gasteiger partial charge in [-0.1, -0.05) is 0 Å². The zero-order chi connectivity index (χ0) is 13.0. The van der Waals surface area contributed by atoms with Gasteiger partial charge < -0.3 is 14.8 Å². The zero-order valence-electron chi connectivity index (χ0n) is 10.3. The minimum atomic E-state index is -4.03. The predicted molar refractivity (Wildman–Crippen MR) is 60.1 cm³/mol. The molecule has 0 aromatic rings. The van der Waals surface area contributed by atoms with E-state index in [-0.39, 0.29) is 6.42 Å².